The van der Waals surface area contributed by atoms with Gasteiger partial charge in [-0.15, -0.1) is 0 Å². The average Bonchev–Trinajstić information content (AvgIpc) is 2.28. The highest BCUT2D eigenvalue weighted by molar-refractivity contribution is 6.30. The molecule has 3 heteroatoms. The SMILES string of the molecule is Clc1ccc(OCc2cccc(Cl)c2)cc1. The minimum Gasteiger partial charge on any atom is -0.489 e. The quantitative estimate of drug-likeness (QED) is 0.778. The fraction of sp³-hybridized carbons (Fsp3) is 0.0769. The summed E-state index contributed by atoms with van der Waals surface area (Å²) in [4.78, 5) is 0. The lowest BCUT2D eigenvalue weighted by molar-refractivity contribution is 0.306. The van der Waals surface area contributed by atoms with Gasteiger partial charge in [-0.25, -0.2) is 0 Å². The molecule has 2 aromatic rings. The highest BCUT2D eigenvalue weighted by Gasteiger charge is 1.97. The molecule has 82 valence electrons. The third kappa shape index (κ3) is 3.16. The summed E-state index contributed by atoms with van der Waals surface area (Å²) in [7, 11) is 0. The van der Waals surface area contributed by atoms with E-state index in [1.54, 1.807) is 12.1 Å². The molecule has 16 heavy (non-hydrogen) atoms. The molecule has 0 radical (unpaired) electrons. The molecule has 0 aromatic heterocycles. The molecule has 0 aliphatic carbocycles. The second-order valence-corrected chi connectivity index (χ2v) is 4.25. The molecule has 0 aliphatic rings. The zero-order valence-electron chi connectivity index (χ0n) is 8.49. The highest BCUT2D eigenvalue weighted by atomic mass is 35.5. The van der Waals surface area contributed by atoms with Gasteiger partial charge in [-0.3, -0.25) is 0 Å². The van der Waals surface area contributed by atoms with Crippen molar-refractivity contribution in [2.75, 3.05) is 0 Å². The second kappa shape index (κ2) is 5.24. The van der Waals surface area contributed by atoms with Crippen LogP contribution in [-0.2, 0) is 6.61 Å². The van der Waals surface area contributed by atoms with Crippen molar-refractivity contribution < 1.29 is 4.74 Å². The molecule has 2 aromatic carbocycles. The zero-order chi connectivity index (χ0) is 11.4. The van der Waals surface area contributed by atoms with Crippen molar-refractivity contribution in [3.63, 3.8) is 0 Å². The first-order valence-electron chi connectivity index (χ1n) is 4.87. The van der Waals surface area contributed by atoms with Gasteiger partial charge in [0.2, 0.25) is 0 Å². The molecule has 0 unspecified atom stereocenters. The summed E-state index contributed by atoms with van der Waals surface area (Å²) in [5.41, 5.74) is 1.04. The first kappa shape index (κ1) is 11.3. The van der Waals surface area contributed by atoms with Gasteiger partial charge in [-0.2, -0.15) is 0 Å². The van der Waals surface area contributed by atoms with Crippen LogP contribution in [0.1, 0.15) is 5.56 Å². The summed E-state index contributed by atoms with van der Waals surface area (Å²) in [6.07, 6.45) is 0. The standard InChI is InChI=1S/C13H10Cl2O/c14-11-4-6-13(7-5-11)16-9-10-2-1-3-12(15)8-10/h1-8H,9H2. The van der Waals surface area contributed by atoms with Gasteiger partial charge < -0.3 is 4.74 Å². The van der Waals surface area contributed by atoms with E-state index in [1.165, 1.54) is 0 Å². The average molecular weight is 253 g/mol. The number of halogens is 2. The Balaban J connectivity index is 1.99. The number of hydrogen-bond acceptors (Lipinski definition) is 1. The van der Waals surface area contributed by atoms with E-state index in [2.05, 4.69) is 0 Å². The molecule has 0 saturated heterocycles. The topological polar surface area (TPSA) is 9.23 Å². The maximum Gasteiger partial charge on any atom is 0.119 e. The highest BCUT2D eigenvalue weighted by Crippen LogP contribution is 2.17. The molecule has 0 saturated carbocycles. The third-order valence-electron chi connectivity index (χ3n) is 2.11. The van der Waals surface area contributed by atoms with Crippen LogP contribution >= 0.6 is 23.2 Å². The molecular formula is C13H10Cl2O. The largest absolute Gasteiger partial charge is 0.489 e. The van der Waals surface area contributed by atoms with Gasteiger partial charge >= 0.3 is 0 Å². The molecular weight excluding hydrogens is 243 g/mol. The lowest BCUT2D eigenvalue weighted by atomic mass is 10.2. The summed E-state index contributed by atoms with van der Waals surface area (Å²) in [5.74, 6) is 0.796. The predicted molar refractivity (Wildman–Crippen MR) is 67.2 cm³/mol. The van der Waals surface area contributed by atoms with Crippen LogP contribution in [0, 0.1) is 0 Å². The Morgan fingerprint density at radius 1 is 0.875 bits per heavy atom. The van der Waals surface area contributed by atoms with Crippen molar-refractivity contribution in [1.82, 2.24) is 0 Å². The Morgan fingerprint density at radius 2 is 1.62 bits per heavy atom. The number of ether oxygens (including phenoxy) is 1. The van der Waals surface area contributed by atoms with Crippen LogP contribution in [0.15, 0.2) is 48.5 Å². The fourth-order valence-corrected chi connectivity index (χ4v) is 1.66. The predicted octanol–water partition coefficient (Wildman–Crippen LogP) is 4.57. The van der Waals surface area contributed by atoms with Crippen molar-refractivity contribution in [1.29, 1.82) is 0 Å². The molecule has 0 bridgehead atoms. The van der Waals surface area contributed by atoms with Gasteiger partial charge in [0.25, 0.3) is 0 Å². The zero-order valence-corrected chi connectivity index (χ0v) is 10.0. The lowest BCUT2D eigenvalue weighted by Crippen LogP contribution is -1.94. The van der Waals surface area contributed by atoms with Crippen LogP contribution in [0.5, 0.6) is 5.75 Å². The van der Waals surface area contributed by atoms with Crippen molar-refractivity contribution in [3.8, 4) is 5.75 Å². The normalized spacial score (nSPS) is 10.1. The molecule has 0 aliphatic heterocycles. The fourth-order valence-electron chi connectivity index (χ4n) is 1.32. The lowest BCUT2D eigenvalue weighted by Gasteiger charge is -2.06. The molecule has 0 amide bonds. The summed E-state index contributed by atoms with van der Waals surface area (Å²) in [6, 6.07) is 14.9. The summed E-state index contributed by atoms with van der Waals surface area (Å²) in [5, 5.41) is 1.42. The van der Waals surface area contributed by atoms with Gasteiger partial charge in [0.05, 0.1) is 0 Å². The molecule has 0 heterocycles. The van der Waals surface area contributed by atoms with Gasteiger partial charge in [0.15, 0.2) is 0 Å². The molecule has 0 atom stereocenters. The van der Waals surface area contributed by atoms with Gasteiger partial charge in [0, 0.05) is 10.0 Å². The van der Waals surface area contributed by atoms with E-state index in [4.69, 9.17) is 27.9 Å². The van der Waals surface area contributed by atoms with Crippen LogP contribution in [0.3, 0.4) is 0 Å². The van der Waals surface area contributed by atoms with Crippen LogP contribution in [0.4, 0.5) is 0 Å². The number of hydrogen-bond donors (Lipinski definition) is 0. The Bertz CT molecular complexity index is 466. The maximum atomic E-state index is 5.87. The van der Waals surface area contributed by atoms with Gasteiger partial charge in [-0.1, -0.05) is 35.3 Å². The Labute approximate surface area is 105 Å². The van der Waals surface area contributed by atoms with E-state index >= 15 is 0 Å². The van der Waals surface area contributed by atoms with E-state index in [9.17, 15) is 0 Å². The van der Waals surface area contributed by atoms with E-state index < -0.39 is 0 Å². The van der Waals surface area contributed by atoms with Crippen LogP contribution < -0.4 is 4.74 Å². The van der Waals surface area contributed by atoms with E-state index in [-0.39, 0.29) is 0 Å². The minimum atomic E-state index is 0.502. The van der Waals surface area contributed by atoms with Crippen molar-refractivity contribution >= 4 is 23.2 Å². The molecule has 0 N–H and O–H groups in total. The van der Waals surface area contributed by atoms with Crippen molar-refractivity contribution in [2.24, 2.45) is 0 Å². The monoisotopic (exact) mass is 252 g/mol. The first-order valence-corrected chi connectivity index (χ1v) is 5.62. The molecule has 0 fully saturated rings. The van der Waals surface area contributed by atoms with E-state index in [0.29, 0.717) is 11.6 Å². The van der Waals surface area contributed by atoms with Gasteiger partial charge in [0.1, 0.15) is 12.4 Å². The third-order valence-corrected chi connectivity index (χ3v) is 2.60. The Hall–Kier alpha value is -1.18. The van der Waals surface area contributed by atoms with Crippen molar-refractivity contribution in [3.05, 3.63) is 64.1 Å². The molecule has 2 rings (SSSR count). The number of benzene rings is 2. The molecule has 1 nitrogen and oxygen atoms in total. The van der Waals surface area contributed by atoms with Crippen LogP contribution in [-0.4, -0.2) is 0 Å². The van der Waals surface area contributed by atoms with Gasteiger partial charge in [-0.05, 0) is 42.0 Å². The van der Waals surface area contributed by atoms with Crippen LogP contribution in [0.25, 0.3) is 0 Å². The first-order chi connectivity index (χ1) is 7.74. The Kier molecular flexibility index (Phi) is 3.70. The van der Waals surface area contributed by atoms with Crippen LogP contribution in [0.2, 0.25) is 10.0 Å². The second-order valence-electron chi connectivity index (χ2n) is 3.37. The van der Waals surface area contributed by atoms with E-state index in [1.807, 2.05) is 36.4 Å². The summed E-state index contributed by atoms with van der Waals surface area (Å²) >= 11 is 11.7. The Morgan fingerprint density at radius 3 is 2.31 bits per heavy atom. The number of rotatable bonds is 3. The molecule has 0 spiro atoms. The minimum absolute atomic E-state index is 0.502. The maximum absolute atomic E-state index is 5.87. The summed E-state index contributed by atoms with van der Waals surface area (Å²) in [6.45, 7) is 0.502. The smallest absolute Gasteiger partial charge is 0.119 e. The van der Waals surface area contributed by atoms with E-state index in [0.717, 1.165) is 16.3 Å². The van der Waals surface area contributed by atoms with Crippen molar-refractivity contribution in [2.45, 2.75) is 6.61 Å². The summed E-state index contributed by atoms with van der Waals surface area (Å²) < 4.78 is 5.58.